The number of hydrogen-bond donors (Lipinski definition) is 2. The van der Waals surface area contributed by atoms with Gasteiger partial charge in [0.15, 0.2) is 10.8 Å². The van der Waals surface area contributed by atoms with Crippen molar-refractivity contribution in [2.45, 2.75) is 17.3 Å². The van der Waals surface area contributed by atoms with Crippen LogP contribution in [0.2, 0.25) is 5.02 Å². The third-order valence-electron chi connectivity index (χ3n) is 4.50. The zero-order valence-corrected chi connectivity index (χ0v) is 18.1. The van der Waals surface area contributed by atoms with Crippen molar-refractivity contribution in [1.29, 1.82) is 0 Å². The number of benzene rings is 2. The average Bonchev–Trinajstić information content (AvgIpc) is 3.20. The van der Waals surface area contributed by atoms with Gasteiger partial charge in [0.25, 0.3) is 11.2 Å². The van der Waals surface area contributed by atoms with E-state index in [0.717, 1.165) is 23.5 Å². The van der Waals surface area contributed by atoms with Gasteiger partial charge in [-0.05, 0) is 25.1 Å². The molecule has 4 rings (SSSR count). The number of nitro groups is 1. The van der Waals surface area contributed by atoms with E-state index in [2.05, 4.69) is 20.4 Å². The minimum absolute atomic E-state index is 0.0458. The van der Waals surface area contributed by atoms with Crippen molar-refractivity contribution in [2.75, 3.05) is 5.32 Å². The van der Waals surface area contributed by atoms with E-state index in [4.69, 9.17) is 11.6 Å². The summed E-state index contributed by atoms with van der Waals surface area (Å²) in [5.41, 5.74) is 0.809. The molecule has 2 N–H and O–H groups in total. The number of aromatic nitrogens is 4. The summed E-state index contributed by atoms with van der Waals surface area (Å²) in [6.07, 6.45) is 1.44. The Balaban J connectivity index is 1.56. The number of nitro benzene ring substituents is 1. The SMILES string of the molecule is CC(Sc1nc2c(cnn2-c2ccccc2)c(=O)[nH]1)C(=O)Nc1ccc([N+](=O)[O-])cc1Cl. The summed E-state index contributed by atoms with van der Waals surface area (Å²) in [5, 5.41) is 17.7. The Morgan fingerprint density at radius 3 is 2.72 bits per heavy atom. The molecule has 10 nitrogen and oxygen atoms in total. The van der Waals surface area contributed by atoms with Crippen LogP contribution >= 0.6 is 23.4 Å². The van der Waals surface area contributed by atoms with Crippen molar-refractivity contribution < 1.29 is 9.72 Å². The number of non-ortho nitro benzene ring substituents is 1. The molecule has 0 saturated carbocycles. The van der Waals surface area contributed by atoms with E-state index in [9.17, 15) is 19.7 Å². The molecule has 0 aliphatic heterocycles. The molecule has 1 amide bonds. The summed E-state index contributed by atoms with van der Waals surface area (Å²) >= 11 is 7.09. The average molecular weight is 471 g/mol. The van der Waals surface area contributed by atoms with Crippen LogP contribution in [0.1, 0.15) is 6.92 Å². The number of H-pyrrole nitrogens is 1. The molecular formula is C20H15ClN6O4S. The molecule has 0 aliphatic rings. The molecule has 0 bridgehead atoms. The number of aromatic amines is 1. The quantitative estimate of drug-likeness (QED) is 0.189. The number of carbonyl (C=O) groups is 1. The number of nitrogens with zero attached hydrogens (tertiary/aromatic N) is 4. The molecule has 0 fully saturated rings. The lowest BCUT2D eigenvalue weighted by molar-refractivity contribution is -0.384. The zero-order valence-electron chi connectivity index (χ0n) is 16.5. The van der Waals surface area contributed by atoms with Gasteiger partial charge in [-0.1, -0.05) is 41.6 Å². The molecule has 1 unspecified atom stereocenters. The molecule has 2 aromatic carbocycles. The van der Waals surface area contributed by atoms with E-state index >= 15 is 0 Å². The van der Waals surface area contributed by atoms with Crippen LogP contribution in [0.4, 0.5) is 11.4 Å². The summed E-state index contributed by atoms with van der Waals surface area (Å²) in [6, 6.07) is 13.0. The number of fused-ring (bicyclic) bond motifs is 1. The largest absolute Gasteiger partial charge is 0.324 e. The van der Waals surface area contributed by atoms with Crippen LogP contribution in [0.5, 0.6) is 0 Å². The van der Waals surface area contributed by atoms with Gasteiger partial charge in [-0.2, -0.15) is 5.10 Å². The van der Waals surface area contributed by atoms with Crippen LogP contribution in [0.15, 0.2) is 64.7 Å². The molecule has 2 heterocycles. The smallest absolute Gasteiger partial charge is 0.271 e. The summed E-state index contributed by atoms with van der Waals surface area (Å²) in [5.74, 6) is -0.412. The summed E-state index contributed by atoms with van der Waals surface area (Å²) in [6.45, 7) is 1.64. The lowest BCUT2D eigenvalue weighted by atomic mass is 10.2. The molecule has 2 aromatic heterocycles. The maximum Gasteiger partial charge on any atom is 0.271 e. The predicted octanol–water partition coefficient (Wildman–Crippen LogP) is 3.79. The minimum Gasteiger partial charge on any atom is -0.324 e. The molecule has 12 heteroatoms. The first-order valence-electron chi connectivity index (χ1n) is 9.28. The number of anilines is 1. The van der Waals surface area contributed by atoms with Gasteiger partial charge in [0.2, 0.25) is 5.91 Å². The fourth-order valence-electron chi connectivity index (χ4n) is 2.89. The van der Waals surface area contributed by atoms with E-state index in [-0.39, 0.29) is 27.1 Å². The Hall–Kier alpha value is -3.70. The van der Waals surface area contributed by atoms with E-state index in [1.807, 2.05) is 30.3 Å². The molecule has 1 atom stereocenters. The highest BCUT2D eigenvalue weighted by molar-refractivity contribution is 8.00. The van der Waals surface area contributed by atoms with Gasteiger partial charge in [-0.25, -0.2) is 9.67 Å². The standard InChI is InChI=1S/C20H15ClN6O4S/c1-11(18(28)23-16-8-7-13(27(30)31)9-15(16)21)32-20-24-17-14(19(29)25-20)10-22-26(17)12-5-3-2-4-6-12/h2-11H,1H3,(H,23,28)(H,24,25,29). The highest BCUT2D eigenvalue weighted by Crippen LogP contribution is 2.28. The fourth-order valence-corrected chi connectivity index (χ4v) is 3.90. The third-order valence-corrected chi connectivity index (χ3v) is 5.79. The van der Waals surface area contributed by atoms with Gasteiger partial charge in [-0.3, -0.25) is 19.7 Å². The van der Waals surface area contributed by atoms with Crippen LogP contribution in [0.25, 0.3) is 16.7 Å². The van der Waals surface area contributed by atoms with Crippen LogP contribution in [-0.2, 0) is 4.79 Å². The molecule has 0 aliphatic carbocycles. The Morgan fingerprint density at radius 1 is 1.28 bits per heavy atom. The number of hydrogen-bond acceptors (Lipinski definition) is 7. The van der Waals surface area contributed by atoms with Crippen molar-refractivity contribution in [3.8, 4) is 5.69 Å². The second kappa shape index (κ2) is 8.81. The van der Waals surface area contributed by atoms with E-state index in [1.165, 1.54) is 18.3 Å². The van der Waals surface area contributed by atoms with Gasteiger partial charge < -0.3 is 10.3 Å². The van der Waals surface area contributed by atoms with Gasteiger partial charge in [0.1, 0.15) is 5.39 Å². The molecule has 4 aromatic rings. The Labute approximate surface area is 189 Å². The molecule has 0 saturated heterocycles. The molecule has 0 spiro atoms. The van der Waals surface area contributed by atoms with Crippen molar-refractivity contribution in [3.63, 3.8) is 0 Å². The van der Waals surface area contributed by atoms with Crippen LogP contribution in [0, 0.1) is 10.1 Å². The summed E-state index contributed by atoms with van der Waals surface area (Å²) < 4.78 is 1.55. The first kappa shape index (κ1) is 21.5. The minimum atomic E-state index is -0.657. The second-order valence-corrected chi connectivity index (χ2v) is 8.41. The Bertz CT molecular complexity index is 1390. The maximum absolute atomic E-state index is 12.6. The molecule has 32 heavy (non-hydrogen) atoms. The zero-order chi connectivity index (χ0) is 22.8. The summed E-state index contributed by atoms with van der Waals surface area (Å²) in [7, 11) is 0. The number of nitrogens with one attached hydrogen (secondary N) is 2. The Morgan fingerprint density at radius 2 is 2.03 bits per heavy atom. The van der Waals surface area contributed by atoms with E-state index in [0.29, 0.717) is 11.0 Å². The number of amides is 1. The van der Waals surface area contributed by atoms with Gasteiger partial charge in [0.05, 0.1) is 32.8 Å². The van der Waals surface area contributed by atoms with Crippen molar-refractivity contribution in [3.05, 3.63) is 80.2 Å². The number of carbonyl (C=O) groups excluding carboxylic acids is 1. The van der Waals surface area contributed by atoms with Gasteiger partial charge in [0, 0.05) is 12.1 Å². The third kappa shape index (κ3) is 4.34. The highest BCUT2D eigenvalue weighted by Gasteiger charge is 2.20. The van der Waals surface area contributed by atoms with Gasteiger partial charge >= 0.3 is 0 Å². The monoisotopic (exact) mass is 470 g/mol. The van der Waals surface area contributed by atoms with Crippen LogP contribution in [-0.4, -0.2) is 35.8 Å². The number of thioether (sulfide) groups is 1. The fraction of sp³-hybridized carbons (Fsp3) is 0.100. The first-order valence-corrected chi connectivity index (χ1v) is 10.5. The van der Waals surface area contributed by atoms with Crippen molar-refractivity contribution >= 4 is 51.7 Å². The van der Waals surface area contributed by atoms with Crippen molar-refractivity contribution in [2.24, 2.45) is 0 Å². The lowest BCUT2D eigenvalue weighted by Crippen LogP contribution is -2.23. The first-order chi connectivity index (χ1) is 15.3. The van der Waals surface area contributed by atoms with Crippen LogP contribution < -0.4 is 10.9 Å². The second-order valence-electron chi connectivity index (χ2n) is 6.67. The predicted molar refractivity (Wildman–Crippen MR) is 122 cm³/mol. The Kier molecular flexibility index (Phi) is 5.93. The topological polar surface area (TPSA) is 136 Å². The number of rotatable bonds is 6. The lowest BCUT2D eigenvalue weighted by Gasteiger charge is -2.12. The normalized spacial score (nSPS) is 11.9. The van der Waals surface area contributed by atoms with E-state index < -0.39 is 16.1 Å². The molecular weight excluding hydrogens is 456 g/mol. The summed E-state index contributed by atoms with van der Waals surface area (Å²) in [4.78, 5) is 42.5. The van der Waals surface area contributed by atoms with Gasteiger partial charge in [-0.15, -0.1) is 0 Å². The number of para-hydroxylation sites is 1. The van der Waals surface area contributed by atoms with Crippen molar-refractivity contribution in [1.82, 2.24) is 19.7 Å². The molecule has 162 valence electrons. The van der Waals surface area contributed by atoms with Crippen LogP contribution in [0.3, 0.4) is 0 Å². The highest BCUT2D eigenvalue weighted by atomic mass is 35.5. The number of halogens is 1. The molecule has 0 radical (unpaired) electrons. The van der Waals surface area contributed by atoms with E-state index in [1.54, 1.807) is 11.6 Å². The maximum atomic E-state index is 12.6.